The highest BCUT2D eigenvalue weighted by Crippen LogP contribution is 2.22. The molecule has 1 rings (SSSR count). The van der Waals surface area contributed by atoms with Gasteiger partial charge in [0.2, 0.25) is 0 Å². The van der Waals surface area contributed by atoms with Crippen molar-refractivity contribution in [3.8, 4) is 0 Å². The van der Waals surface area contributed by atoms with E-state index in [9.17, 15) is 4.79 Å². The van der Waals surface area contributed by atoms with Crippen molar-refractivity contribution in [1.29, 1.82) is 0 Å². The first kappa shape index (κ1) is 15.2. The SMILES string of the molecule is CC(C)(CBr)CNC(=O)c1cc(Br)ccc1Br. The molecule has 0 heterocycles. The van der Waals surface area contributed by atoms with Crippen LogP contribution in [0.4, 0.5) is 0 Å². The predicted molar refractivity (Wildman–Crippen MR) is 81.8 cm³/mol. The van der Waals surface area contributed by atoms with Crippen molar-refractivity contribution in [1.82, 2.24) is 5.32 Å². The van der Waals surface area contributed by atoms with E-state index in [0.717, 1.165) is 14.3 Å². The summed E-state index contributed by atoms with van der Waals surface area (Å²) in [5, 5.41) is 3.79. The number of hydrogen-bond donors (Lipinski definition) is 1. The van der Waals surface area contributed by atoms with Gasteiger partial charge in [-0.1, -0.05) is 45.7 Å². The third-order valence-electron chi connectivity index (χ3n) is 2.26. The van der Waals surface area contributed by atoms with Crippen LogP contribution >= 0.6 is 47.8 Å². The Bertz CT molecular complexity index is 418. The second kappa shape index (κ2) is 6.34. The van der Waals surface area contributed by atoms with Gasteiger partial charge in [-0.05, 0) is 39.5 Å². The van der Waals surface area contributed by atoms with Crippen molar-refractivity contribution in [3.63, 3.8) is 0 Å². The minimum Gasteiger partial charge on any atom is -0.351 e. The molecule has 0 aromatic heterocycles. The fourth-order valence-corrected chi connectivity index (χ4v) is 2.12. The second-order valence-corrected chi connectivity index (χ2v) is 6.94. The van der Waals surface area contributed by atoms with E-state index in [1.54, 1.807) is 6.07 Å². The molecule has 2 nitrogen and oxygen atoms in total. The van der Waals surface area contributed by atoms with Crippen LogP contribution in [0.15, 0.2) is 27.1 Å². The summed E-state index contributed by atoms with van der Waals surface area (Å²) in [5.41, 5.74) is 0.693. The second-order valence-electron chi connectivity index (χ2n) is 4.60. The number of alkyl halides is 1. The van der Waals surface area contributed by atoms with Crippen LogP contribution in [0.25, 0.3) is 0 Å². The maximum absolute atomic E-state index is 12.0. The van der Waals surface area contributed by atoms with Gasteiger partial charge in [-0.2, -0.15) is 0 Å². The molecule has 0 saturated carbocycles. The molecule has 1 N–H and O–H groups in total. The summed E-state index contributed by atoms with van der Waals surface area (Å²) in [7, 11) is 0. The van der Waals surface area contributed by atoms with E-state index in [0.29, 0.717) is 12.1 Å². The van der Waals surface area contributed by atoms with Crippen LogP contribution in [-0.2, 0) is 0 Å². The Kier molecular flexibility index (Phi) is 5.67. The van der Waals surface area contributed by atoms with Crippen LogP contribution in [0.3, 0.4) is 0 Å². The fourth-order valence-electron chi connectivity index (χ4n) is 1.13. The van der Waals surface area contributed by atoms with Crippen molar-refractivity contribution in [2.75, 3.05) is 11.9 Å². The van der Waals surface area contributed by atoms with Gasteiger partial charge in [0.25, 0.3) is 5.91 Å². The molecule has 1 amide bonds. The minimum atomic E-state index is -0.0628. The summed E-state index contributed by atoms with van der Waals surface area (Å²) in [6.07, 6.45) is 0. The summed E-state index contributed by atoms with van der Waals surface area (Å²) >= 11 is 10.2. The molecule has 1 aromatic rings. The highest BCUT2D eigenvalue weighted by molar-refractivity contribution is 9.11. The molecule has 0 aliphatic heterocycles. The standard InChI is InChI=1S/C12H14Br3NO/c1-12(2,6-13)7-16-11(17)9-5-8(14)3-4-10(9)15/h3-5H,6-7H2,1-2H3,(H,16,17). The van der Waals surface area contributed by atoms with Gasteiger partial charge in [0, 0.05) is 20.8 Å². The molecule has 1 aromatic carbocycles. The zero-order chi connectivity index (χ0) is 13.1. The highest BCUT2D eigenvalue weighted by atomic mass is 79.9. The Morgan fingerprint density at radius 2 is 2.00 bits per heavy atom. The Balaban J connectivity index is 2.74. The van der Waals surface area contributed by atoms with Crippen LogP contribution in [0.5, 0.6) is 0 Å². The maximum atomic E-state index is 12.0. The van der Waals surface area contributed by atoms with Crippen molar-refractivity contribution in [2.24, 2.45) is 5.41 Å². The number of benzene rings is 1. The maximum Gasteiger partial charge on any atom is 0.252 e. The molecule has 0 bridgehead atoms. The lowest BCUT2D eigenvalue weighted by Crippen LogP contribution is -2.35. The smallest absolute Gasteiger partial charge is 0.252 e. The normalized spacial score (nSPS) is 11.4. The van der Waals surface area contributed by atoms with Gasteiger partial charge in [-0.15, -0.1) is 0 Å². The highest BCUT2D eigenvalue weighted by Gasteiger charge is 2.18. The fraction of sp³-hybridized carbons (Fsp3) is 0.417. The molecule has 0 saturated heterocycles. The molecule has 0 aliphatic rings. The topological polar surface area (TPSA) is 29.1 Å². The largest absolute Gasteiger partial charge is 0.351 e. The third-order valence-corrected chi connectivity index (χ3v) is 4.97. The first-order chi connectivity index (χ1) is 7.85. The lowest BCUT2D eigenvalue weighted by molar-refractivity contribution is 0.0939. The van der Waals surface area contributed by atoms with Crippen molar-refractivity contribution in [3.05, 3.63) is 32.7 Å². The zero-order valence-electron chi connectivity index (χ0n) is 9.69. The van der Waals surface area contributed by atoms with E-state index < -0.39 is 0 Å². The molecular formula is C12H14Br3NO. The van der Waals surface area contributed by atoms with E-state index in [1.165, 1.54) is 0 Å². The van der Waals surface area contributed by atoms with Crippen molar-refractivity contribution >= 4 is 53.7 Å². The van der Waals surface area contributed by atoms with Crippen LogP contribution in [0.1, 0.15) is 24.2 Å². The number of carbonyl (C=O) groups is 1. The molecule has 5 heteroatoms. The van der Waals surface area contributed by atoms with E-state index in [1.807, 2.05) is 12.1 Å². The molecule has 0 fully saturated rings. The van der Waals surface area contributed by atoms with Crippen LogP contribution in [0, 0.1) is 5.41 Å². The predicted octanol–water partition coefficient (Wildman–Crippen LogP) is 4.36. The lowest BCUT2D eigenvalue weighted by atomic mass is 9.97. The number of amides is 1. The number of halogens is 3. The van der Waals surface area contributed by atoms with E-state index in [-0.39, 0.29) is 11.3 Å². The molecule has 94 valence electrons. The zero-order valence-corrected chi connectivity index (χ0v) is 14.4. The van der Waals surface area contributed by atoms with Crippen LogP contribution < -0.4 is 5.32 Å². The minimum absolute atomic E-state index is 0.0498. The number of carbonyl (C=O) groups excluding carboxylic acids is 1. The van der Waals surface area contributed by atoms with Crippen LogP contribution in [-0.4, -0.2) is 17.8 Å². The monoisotopic (exact) mass is 425 g/mol. The summed E-state index contributed by atoms with van der Waals surface area (Å²) in [6.45, 7) is 4.83. The molecule has 0 radical (unpaired) electrons. The summed E-state index contributed by atoms with van der Waals surface area (Å²) in [4.78, 5) is 12.0. The first-order valence-corrected chi connectivity index (χ1v) is 7.86. The molecule has 0 aliphatic carbocycles. The Hall–Kier alpha value is 0.130. The Morgan fingerprint density at radius 3 is 2.59 bits per heavy atom. The van der Waals surface area contributed by atoms with Gasteiger partial charge in [-0.25, -0.2) is 0 Å². The van der Waals surface area contributed by atoms with Gasteiger partial charge in [-0.3, -0.25) is 4.79 Å². The van der Waals surface area contributed by atoms with Gasteiger partial charge >= 0.3 is 0 Å². The molecule has 0 atom stereocenters. The van der Waals surface area contributed by atoms with E-state index in [4.69, 9.17) is 0 Å². The van der Waals surface area contributed by atoms with Crippen molar-refractivity contribution < 1.29 is 4.79 Å². The average molecular weight is 428 g/mol. The molecule has 0 spiro atoms. The molecular weight excluding hydrogens is 414 g/mol. The van der Waals surface area contributed by atoms with Crippen LogP contribution in [0.2, 0.25) is 0 Å². The molecule has 0 unspecified atom stereocenters. The summed E-state index contributed by atoms with van der Waals surface area (Å²) in [6, 6.07) is 5.55. The molecule has 17 heavy (non-hydrogen) atoms. The number of hydrogen-bond acceptors (Lipinski definition) is 1. The van der Waals surface area contributed by atoms with Gasteiger partial charge in [0.05, 0.1) is 5.56 Å². The Labute approximate surface area is 127 Å². The summed E-state index contributed by atoms with van der Waals surface area (Å²) in [5.74, 6) is -0.0628. The lowest BCUT2D eigenvalue weighted by Gasteiger charge is -2.22. The van der Waals surface area contributed by atoms with E-state index in [2.05, 4.69) is 67.0 Å². The van der Waals surface area contributed by atoms with Gasteiger partial charge in [0.1, 0.15) is 0 Å². The number of rotatable bonds is 4. The first-order valence-electron chi connectivity index (χ1n) is 5.15. The van der Waals surface area contributed by atoms with E-state index >= 15 is 0 Å². The average Bonchev–Trinajstić information content (AvgIpc) is 2.29. The quantitative estimate of drug-likeness (QED) is 0.710. The van der Waals surface area contributed by atoms with Gasteiger partial charge < -0.3 is 5.32 Å². The van der Waals surface area contributed by atoms with Crippen molar-refractivity contribution in [2.45, 2.75) is 13.8 Å². The van der Waals surface area contributed by atoms with Gasteiger partial charge in [0.15, 0.2) is 0 Å². The third kappa shape index (κ3) is 4.72. The Morgan fingerprint density at radius 1 is 1.35 bits per heavy atom. The summed E-state index contributed by atoms with van der Waals surface area (Å²) < 4.78 is 1.69. The number of nitrogens with one attached hydrogen (secondary N) is 1.